The lowest BCUT2D eigenvalue weighted by Gasteiger charge is -2.37. The summed E-state index contributed by atoms with van der Waals surface area (Å²) in [5, 5.41) is 39.2. The third-order valence-electron chi connectivity index (χ3n) is 9.32. The lowest BCUT2D eigenvalue weighted by atomic mass is 9.74. The number of carboxylic acid groups (broad SMARTS) is 1. The van der Waals surface area contributed by atoms with Gasteiger partial charge in [0.15, 0.2) is 0 Å². The molecule has 1 amide bonds. The van der Waals surface area contributed by atoms with Gasteiger partial charge in [-0.3, -0.25) is 9.59 Å². The van der Waals surface area contributed by atoms with Crippen LogP contribution in [-0.4, -0.2) is 50.1 Å². The van der Waals surface area contributed by atoms with E-state index in [0.29, 0.717) is 29.7 Å². The van der Waals surface area contributed by atoms with E-state index in [1.165, 1.54) is 13.8 Å². The van der Waals surface area contributed by atoms with Gasteiger partial charge in [-0.1, -0.05) is 12.1 Å². The number of aliphatic carboxylic acids is 1. The molecule has 1 aliphatic heterocycles. The summed E-state index contributed by atoms with van der Waals surface area (Å²) in [5.41, 5.74) is 5.93. The topological polar surface area (TPSA) is 144 Å². The molecule has 43 heavy (non-hydrogen) atoms. The second-order valence-electron chi connectivity index (χ2n) is 13.0. The van der Waals surface area contributed by atoms with Crippen molar-refractivity contribution in [3.05, 3.63) is 53.7 Å². The molecule has 0 spiro atoms. The molecule has 4 atom stereocenters. The summed E-state index contributed by atoms with van der Waals surface area (Å²) < 4.78 is 1.85. The summed E-state index contributed by atoms with van der Waals surface area (Å²) in [7, 11) is 0. The highest BCUT2D eigenvalue weighted by molar-refractivity contribution is 6.18. The van der Waals surface area contributed by atoms with Crippen LogP contribution in [0.1, 0.15) is 70.9 Å². The van der Waals surface area contributed by atoms with Crippen LogP contribution in [0, 0.1) is 34.5 Å². The predicted octanol–water partition coefficient (Wildman–Crippen LogP) is 5.27. The highest BCUT2D eigenvalue weighted by Crippen LogP contribution is 2.46. The summed E-state index contributed by atoms with van der Waals surface area (Å²) in [6, 6.07) is 14.5. The number of fused-ring (bicyclic) bond motifs is 3. The molecule has 2 aromatic heterocycles. The summed E-state index contributed by atoms with van der Waals surface area (Å²) >= 11 is 0. The number of hydrogen-bond acceptors (Lipinski definition) is 7. The molecule has 2 aliphatic carbocycles. The van der Waals surface area contributed by atoms with Gasteiger partial charge >= 0.3 is 5.97 Å². The fourth-order valence-electron chi connectivity index (χ4n) is 6.87. The Hall–Kier alpha value is -4.52. The Morgan fingerprint density at radius 3 is 2.51 bits per heavy atom. The number of aromatic nitrogens is 2. The van der Waals surface area contributed by atoms with Crippen molar-refractivity contribution in [2.75, 3.05) is 5.32 Å². The quantitative estimate of drug-likeness (QED) is 0.310. The molecule has 6 rings (SSSR count). The highest BCUT2D eigenvalue weighted by atomic mass is 16.4. The molecule has 10 heteroatoms. The molecule has 2 bridgehead atoms. The molecule has 3 heterocycles. The number of amides is 1. The fourth-order valence-corrected chi connectivity index (χ4v) is 6.87. The molecule has 1 aromatic carbocycles. The van der Waals surface area contributed by atoms with Crippen LogP contribution in [0.15, 0.2) is 52.8 Å². The summed E-state index contributed by atoms with van der Waals surface area (Å²) in [6.07, 6.45) is 6.18. The predicted molar refractivity (Wildman–Crippen MR) is 165 cm³/mol. The van der Waals surface area contributed by atoms with Crippen LogP contribution in [0.25, 0.3) is 16.8 Å². The molecular formula is C33H37N7O3. The van der Waals surface area contributed by atoms with Crippen LogP contribution in [0.4, 0.5) is 5.69 Å². The second-order valence-corrected chi connectivity index (χ2v) is 13.0. The average molecular weight is 580 g/mol. The van der Waals surface area contributed by atoms with E-state index in [9.17, 15) is 20.0 Å². The number of nitrogens with zero attached hydrogens (tertiary/aromatic N) is 5. The summed E-state index contributed by atoms with van der Waals surface area (Å²) in [5.74, 6) is -0.583. The smallest absolute Gasteiger partial charge is 0.318 e. The third kappa shape index (κ3) is 5.29. The van der Waals surface area contributed by atoms with Gasteiger partial charge in [-0.05, 0) is 89.5 Å². The molecule has 3 aliphatic rings. The zero-order chi connectivity index (χ0) is 30.5. The maximum absolute atomic E-state index is 12.8. The minimum atomic E-state index is -1.45. The van der Waals surface area contributed by atoms with Crippen molar-refractivity contribution in [1.29, 1.82) is 5.26 Å². The van der Waals surface area contributed by atoms with Crippen molar-refractivity contribution < 1.29 is 14.7 Å². The van der Waals surface area contributed by atoms with Crippen molar-refractivity contribution in [3.63, 3.8) is 0 Å². The molecular weight excluding hydrogens is 542 g/mol. The maximum Gasteiger partial charge on any atom is 0.318 e. The van der Waals surface area contributed by atoms with E-state index in [-0.39, 0.29) is 12.1 Å². The van der Waals surface area contributed by atoms with E-state index >= 15 is 0 Å². The number of anilines is 1. The first kappa shape index (κ1) is 28.6. The Morgan fingerprint density at radius 2 is 1.84 bits per heavy atom. The van der Waals surface area contributed by atoms with Crippen LogP contribution in [-0.2, 0) is 9.59 Å². The number of carbonyl (C=O) groups excluding carboxylic acids is 1. The van der Waals surface area contributed by atoms with E-state index in [0.717, 1.165) is 65.1 Å². The molecule has 10 nitrogen and oxygen atoms in total. The minimum absolute atomic E-state index is 0.0188. The number of hydrogen-bond donors (Lipinski definition) is 3. The Labute approximate surface area is 250 Å². The lowest BCUT2D eigenvalue weighted by Crippen LogP contribution is -2.51. The van der Waals surface area contributed by atoms with Gasteiger partial charge in [0.1, 0.15) is 11.5 Å². The number of nitrogens with one attached hydrogen (secondary N) is 2. The number of carbonyl (C=O) groups is 2. The zero-order valence-corrected chi connectivity index (χ0v) is 25.0. The van der Waals surface area contributed by atoms with Gasteiger partial charge in [0, 0.05) is 46.9 Å². The van der Waals surface area contributed by atoms with Crippen molar-refractivity contribution in [1.82, 2.24) is 14.9 Å². The van der Waals surface area contributed by atoms with Crippen LogP contribution in [0.5, 0.6) is 0 Å². The Bertz CT molecular complexity index is 1700. The molecule has 0 radical (unpaired) electrons. The fraction of sp³-hybridized carbons (Fsp3) is 0.455. The van der Waals surface area contributed by atoms with E-state index in [1.807, 2.05) is 22.7 Å². The molecule has 2 saturated carbocycles. The maximum atomic E-state index is 12.8. The van der Waals surface area contributed by atoms with E-state index < -0.39 is 17.3 Å². The molecule has 0 saturated heterocycles. The van der Waals surface area contributed by atoms with Crippen LogP contribution >= 0.6 is 0 Å². The van der Waals surface area contributed by atoms with Crippen molar-refractivity contribution in [2.45, 2.75) is 71.9 Å². The Balaban J connectivity index is 1.18. The number of nitriles is 1. The Morgan fingerprint density at radius 1 is 1.09 bits per heavy atom. The highest BCUT2D eigenvalue weighted by Gasteiger charge is 2.47. The SMILES string of the molecule is CC(C)Nc1cc(-c2ccc3cc(C#N)cnn23)ccc1C1=NN=C(C2C[C@H]3CC[C@@H](C2)C3NC(=O)C(C)(C)C(=O)O)C1. The minimum Gasteiger partial charge on any atom is -0.480 e. The summed E-state index contributed by atoms with van der Waals surface area (Å²) in [4.78, 5) is 24.4. The van der Waals surface area contributed by atoms with Crippen LogP contribution in [0.2, 0.25) is 0 Å². The summed E-state index contributed by atoms with van der Waals surface area (Å²) in [6.45, 7) is 7.14. The van der Waals surface area contributed by atoms with Gasteiger partial charge in [0.2, 0.25) is 5.91 Å². The Kier molecular flexibility index (Phi) is 7.28. The molecule has 3 aromatic rings. The number of rotatable bonds is 8. The number of carboxylic acids is 1. The van der Waals surface area contributed by atoms with Gasteiger partial charge in [0.25, 0.3) is 0 Å². The van der Waals surface area contributed by atoms with Gasteiger partial charge in [-0.25, -0.2) is 4.52 Å². The second kappa shape index (κ2) is 11.0. The van der Waals surface area contributed by atoms with E-state index in [4.69, 9.17) is 0 Å². The van der Waals surface area contributed by atoms with Crippen molar-refractivity contribution in [2.24, 2.45) is 33.4 Å². The molecule has 2 unspecified atom stereocenters. The van der Waals surface area contributed by atoms with Crippen molar-refractivity contribution >= 4 is 34.5 Å². The van der Waals surface area contributed by atoms with Crippen molar-refractivity contribution in [3.8, 4) is 17.3 Å². The van der Waals surface area contributed by atoms with Gasteiger partial charge in [-0.2, -0.15) is 20.6 Å². The lowest BCUT2D eigenvalue weighted by molar-refractivity contribution is -0.154. The standard InChI is InChI=1S/C33H37N7O3/c1-18(2)36-27-14-20(29-10-8-24-11-19(16-34)17-35-40(24)29)7-9-25(27)28-15-26(38-39-28)23-12-21-5-6-22(13-23)30(21)37-31(41)33(3,4)32(42)43/h7-11,14,17-18,21-23,30,36H,5-6,12-13,15H2,1-4H3,(H,37,41)(H,42,43)/t21-,22+,23?,30?. The monoisotopic (exact) mass is 579 g/mol. The van der Waals surface area contributed by atoms with Crippen LogP contribution < -0.4 is 10.6 Å². The first-order valence-corrected chi connectivity index (χ1v) is 15.0. The third-order valence-corrected chi connectivity index (χ3v) is 9.32. The molecule has 222 valence electrons. The normalized spacial score (nSPS) is 23.2. The van der Waals surface area contributed by atoms with E-state index in [1.54, 1.807) is 6.20 Å². The van der Waals surface area contributed by atoms with Gasteiger partial charge < -0.3 is 15.7 Å². The van der Waals surface area contributed by atoms with E-state index in [2.05, 4.69) is 64.1 Å². The van der Waals surface area contributed by atoms with Gasteiger partial charge in [-0.15, -0.1) is 0 Å². The largest absolute Gasteiger partial charge is 0.480 e. The first-order chi connectivity index (χ1) is 20.5. The average Bonchev–Trinajstić information content (AvgIpc) is 3.68. The number of benzene rings is 1. The first-order valence-electron chi connectivity index (χ1n) is 15.0. The zero-order valence-electron chi connectivity index (χ0n) is 25.0. The van der Waals surface area contributed by atoms with Gasteiger partial charge in [0.05, 0.1) is 28.7 Å². The van der Waals surface area contributed by atoms with Crippen LogP contribution in [0.3, 0.4) is 0 Å². The molecule has 2 fully saturated rings. The molecule has 3 N–H and O–H groups in total.